The predicted octanol–water partition coefficient (Wildman–Crippen LogP) is 1.74. The third kappa shape index (κ3) is 4.28. The van der Waals surface area contributed by atoms with E-state index in [2.05, 4.69) is 31.2 Å². The zero-order valence-corrected chi connectivity index (χ0v) is 10.5. The molecule has 0 aromatic heterocycles. The van der Waals surface area contributed by atoms with Gasteiger partial charge in [0.15, 0.2) is 0 Å². The molecule has 0 spiro atoms. The van der Waals surface area contributed by atoms with Crippen LogP contribution in [0, 0.1) is 0 Å². The van der Waals surface area contributed by atoms with Crippen molar-refractivity contribution in [2.45, 2.75) is 31.5 Å². The van der Waals surface area contributed by atoms with E-state index < -0.39 is 0 Å². The van der Waals surface area contributed by atoms with Crippen LogP contribution in [0.15, 0.2) is 24.3 Å². The zero-order valence-electron chi connectivity index (χ0n) is 8.83. The van der Waals surface area contributed by atoms with Crippen molar-refractivity contribution in [2.75, 3.05) is 6.54 Å². The Bertz CT molecular complexity index is 216. The van der Waals surface area contributed by atoms with Crippen molar-refractivity contribution in [1.29, 1.82) is 0 Å². The molecule has 0 unspecified atom stereocenters. The zero-order chi connectivity index (χ0) is 10.2. The molecule has 78 valence electrons. The van der Waals surface area contributed by atoms with Crippen LogP contribution in [-0.2, 0) is 6.42 Å². The van der Waals surface area contributed by atoms with Gasteiger partial charge in [0.25, 0.3) is 0 Å². The van der Waals surface area contributed by atoms with E-state index in [-0.39, 0.29) is 0 Å². The van der Waals surface area contributed by atoms with Crippen molar-refractivity contribution in [3.63, 3.8) is 0 Å². The molecule has 0 amide bonds. The van der Waals surface area contributed by atoms with Gasteiger partial charge in [-0.25, -0.2) is 0 Å². The van der Waals surface area contributed by atoms with E-state index in [9.17, 15) is 0 Å². The average molecular weight is 256 g/mol. The Kier molecular flexibility index (Phi) is 5.93. The van der Waals surface area contributed by atoms with Crippen molar-refractivity contribution in [2.24, 2.45) is 5.73 Å². The van der Waals surface area contributed by atoms with Gasteiger partial charge >= 0.3 is 93.0 Å². The van der Waals surface area contributed by atoms with Gasteiger partial charge < -0.3 is 0 Å². The Morgan fingerprint density at radius 2 is 1.93 bits per heavy atom. The number of nitrogens with two attached hydrogens (primary N) is 1. The summed E-state index contributed by atoms with van der Waals surface area (Å²) in [6.07, 6.45) is 3.80. The molecular formula is C12H19NSe. The Hall–Kier alpha value is -0.301. The molecule has 2 heteroatoms. The summed E-state index contributed by atoms with van der Waals surface area (Å²) >= 11 is 0.581. The molecule has 1 rings (SSSR count). The molecule has 0 radical (unpaired) electrons. The monoisotopic (exact) mass is 257 g/mol. The van der Waals surface area contributed by atoms with Crippen molar-refractivity contribution in [3.05, 3.63) is 29.8 Å². The van der Waals surface area contributed by atoms with Crippen molar-refractivity contribution >= 4 is 19.4 Å². The van der Waals surface area contributed by atoms with Gasteiger partial charge in [-0.3, -0.25) is 0 Å². The number of unbranched alkanes of at least 4 members (excludes halogenated alkanes) is 1. The van der Waals surface area contributed by atoms with Crippen LogP contribution in [0.2, 0.25) is 5.32 Å². The first-order valence-corrected chi connectivity index (χ1v) is 7.35. The summed E-state index contributed by atoms with van der Waals surface area (Å²) in [4.78, 5) is 0. The van der Waals surface area contributed by atoms with Crippen LogP contribution in [0.1, 0.15) is 25.3 Å². The van der Waals surface area contributed by atoms with E-state index in [1.165, 1.54) is 29.3 Å². The molecule has 0 aliphatic carbocycles. The molecule has 0 fully saturated rings. The Morgan fingerprint density at radius 3 is 2.50 bits per heavy atom. The number of rotatable bonds is 6. The second kappa shape index (κ2) is 7.05. The molecule has 0 atom stereocenters. The average Bonchev–Trinajstić information content (AvgIpc) is 2.25. The van der Waals surface area contributed by atoms with Crippen LogP contribution in [-0.4, -0.2) is 21.5 Å². The van der Waals surface area contributed by atoms with Crippen molar-refractivity contribution in [3.8, 4) is 0 Å². The molecule has 0 aliphatic rings. The van der Waals surface area contributed by atoms with Gasteiger partial charge in [-0.15, -0.1) is 0 Å². The van der Waals surface area contributed by atoms with E-state index in [1.807, 2.05) is 0 Å². The predicted molar refractivity (Wildman–Crippen MR) is 64.3 cm³/mol. The van der Waals surface area contributed by atoms with Gasteiger partial charge in [0.2, 0.25) is 0 Å². The number of hydrogen-bond acceptors (Lipinski definition) is 1. The normalized spacial score (nSPS) is 10.4. The molecule has 1 nitrogen and oxygen atoms in total. The standard InChI is InChI=1S/C12H19NSe/c1-2-3-4-11-5-7-12(8-6-11)14-10-9-13/h5-8H,2-4,9-10,13H2,1H3. The van der Waals surface area contributed by atoms with Gasteiger partial charge in [-0.1, -0.05) is 0 Å². The summed E-state index contributed by atoms with van der Waals surface area (Å²) in [6, 6.07) is 9.06. The van der Waals surface area contributed by atoms with Crippen molar-refractivity contribution in [1.82, 2.24) is 0 Å². The van der Waals surface area contributed by atoms with Crippen LogP contribution in [0.5, 0.6) is 0 Å². The fourth-order valence-electron chi connectivity index (χ4n) is 1.31. The SMILES string of the molecule is CCCCc1ccc([Se]CCN)cc1. The van der Waals surface area contributed by atoms with Crippen LogP contribution >= 0.6 is 0 Å². The topological polar surface area (TPSA) is 26.0 Å². The molecule has 1 aromatic rings. The quantitative estimate of drug-likeness (QED) is 0.771. The third-order valence-corrected chi connectivity index (χ3v) is 4.32. The summed E-state index contributed by atoms with van der Waals surface area (Å²) in [5.74, 6) is 0. The second-order valence-corrected chi connectivity index (χ2v) is 5.84. The molecule has 0 heterocycles. The molecule has 0 saturated carbocycles. The van der Waals surface area contributed by atoms with Crippen LogP contribution in [0.4, 0.5) is 0 Å². The molecule has 0 saturated heterocycles. The van der Waals surface area contributed by atoms with Gasteiger partial charge in [-0.05, 0) is 0 Å². The van der Waals surface area contributed by atoms with Gasteiger partial charge in [0, 0.05) is 0 Å². The van der Waals surface area contributed by atoms with E-state index in [1.54, 1.807) is 0 Å². The third-order valence-electron chi connectivity index (χ3n) is 2.13. The molecule has 0 bridgehead atoms. The van der Waals surface area contributed by atoms with Gasteiger partial charge in [-0.2, -0.15) is 0 Å². The first kappa shape index (κ1) is 11.8. The number of aryl methyl sites for hydroxylation is 1. The summed E-state index contributed by atoms with van der Waals surface area (Å²) in [6.45, 7) is 3.05. The Morgan fingerprint density at radius 1 is 1.21 bits per heavy atom. The van der Waals surface area contributed by atoms with E-state index in [0.29, 0.717) is 15.0 Å². The molecular weight excluding hydrogens is 237 g/mol. The van der Waals surface area contributed by atoms with E-state index in [4.69, 9.17) is 5.73 Å². The molecule has 14 heavy (non-hydrogen) atoms. The van der Waals surface area contributed by atoms with Gasteiger partial charge in [0.1, 0.15) is 0 Å². The van der Waals surface area contributed by atoms with Crippen LogP contribution in [0.3, 0.4) is 0 Å². The molecule has 2 N–H and O–H groups in total. The Balaban J connectivity index is 2.42. The maximum absolute atomic E-state index is 5.49. The fraction of sp³-hybridized carbons (Fsp3) is 0.500. The minimum atomic E-state index is 0.581. The molecule has 0 aliphatic heterocycles. The number of hydrogen-bond donors (Lipinski definition) is 1. The van der Waals surface area contributed by atoms with Crippen molar-refractivity contribution < 1.29 is 0 Å². The first-order chi connectivity index (χ1) is 6.86. The van der Waals surface area contributed by atoms with Crippen LogP contribution in [0.25, 0.3) is 0 Å². The van der Waals surface area contributed by atoms with E-state index in [0.717, 1.165) is 11.9 Å². The summed E-state index contributed by atoms with van der Waals surface area (Å²) in [7, 11) is 0. The maximum atomic E-state index is 5.49. The Labute approximate surface area is 93.2 Å². The second-order valence-electron chi connectivity index (χ2n) is 3.38. The van der Waals surface area contributed by atoms with Crippen LogP contribution < -0.4 is 10.2 Å². The minimum absolute atomic E-state index is 0.581. The summed E-state index contributed by atoms with van der Waals surface area (Å²) in [5.41, 5.74) is 6.96. The molecule has 1 aromatic carbocycles. The first-order valence-electron chi connectivity index (χ1n) is 5.28. The summed E-state index contributed by atoms with van der Waals surface area (Å²) < 4.78 is 1.48. The number of benzene rings is 1. The van der Waals surface area contributed by atoms with E-state index >= 15 is 0 Å². The van der Waals surface area contributed by atoms with Gasteiger partial charge in [0.05, 0.1) is 0 Å². The fourth-order valence-corrected chi connectivity index (χ4v) is 2.74. The summed E-state index contributed by atoms with van der Waals surface area (Å²) in [5, 5.41) is 1.15.